The maximum absolute atomic E-state index is 12.5. The number of unbranched alkanes of at least 4 members (excludes halogenated alkanes) is 5. The lowest BCUT2D eigenvalue weighted by atomic mass is 9.76. The van der Waals surface area contributed by atoms with Crippen LogP contribution in [-0.2, 0) is 38.1 Å². The Morgan fingerprint density at radius 3 is 1.51 bits per heavy atom. The van der Waals surface area contributed by atoms with Crippen molar-refractivity contribution in [2.75, 3.05) is 26.4 Å². The Kier molecular flexibility index (Phi) is 12.2. The second kappa shape index (κ2) is 16.6. The fourth-order valence-electron chi connectivity index (χ4n) is 11.7. The molecule has 8 heteroatoms. The molecule has 0 aromatic rings. The lowest BCUT2D eigenvalue weighted by Crippen LogP contribution is -2.28. The summed E-state index contributed by atoms with van der Waals surface area (Å²) in [6, 6.07) is 0. The van der Waals surface area contributed by atoms with Crippen LogP contribution in [0, 0.1) is 71.0 Å². The van der Waals surface area contributed by atoms with Crippen molar-refractivity contribution in [1.29, 1.82) is 0 Å². The van der Waals surface area contributed by atoms with Gasteiger partial charge in [-0.15, -0.1) is 0 Å². The summed E-state index contributed by atoms with van der Waals surface area (Å²) in [7, 11) is 0. The van der Waals surface area contributed by atoms with Gasteiger partial charge in [-0.05, 0) is 142 Å². The highest BCUT2D eigenvalue weighted by Gasteiger charge is 2.57. The van der Waals surface area contributed by atoms with Crippen LogP contribution >= 0.6 is 0 Å². The molecule has 6 rings (SSSR count). The normalized spacial score (nSPS) is 36.3. The molecule has 0 radical (unpaired) electrons. The summed E-state index contributed by atoms with van der Waals surface area (Å²) in [4.78, 5) is 48.2. The number of esters is 4. The van der Waals surface area contributed by atoms with Gasteiger partial charge in [0.25, 0.3) is 0 Å². The van der Waals surface area contributed by atoms with Crippen molar-refractivity contribution in [2.45, 2.75) is 110 Å². The van der Waals surface area contributed by atoms with E-state index in [0.29, 0.717) is 92.2 Å². The van der Waals surface area contributed by atoms with Crippen LogP contribution in [0.3, 0.4) is 0 Å². The second-order valence-electron chi connectivity index (χ2n) is 16.8. The molecule has 12 atom stereocenters. The van der Waals surface area contributed by atoms with Gasteiger partial charge < -0.3 is 18.9 Å². The highest BCUT2D eigenvalue weighted by molar-refractivity contribution is 5.86. The number of fused-ring (bicyclic) bond motifs is 10. The van der Waals surface area contributed by atoms with E-state index < -0.39 is 0 Å². The number of rotatable bonds is 19. The predicted molar refractivity (Wildman–Crippen MR) is 185 cm³/mol. The summed E-state index contributed by atoms with van der Waals surface area (Å²) >= 11 is 0. The van der Waals surface area contributed by atoms with E-state index in [0.717, 1.165) is 87.9 Å². The molecule has 0 spiro atoms. The molecule has 4 bridgehead atoms. The van der Waals surface area contributed by atoms with Gasteiger partial charge in [-0.3, -0.25) is 9.59 Å². The number of carbonyl (C=O) groups is 4. The smallest absolute Gasteiger partial charge is 0.333 e. The first kappa shape index (κ1) is 36.2. The summed E-state index contributed by atoms with van der Waals surface area (Å²) in [5, 5.41) is 0. The molecule has 0 aliphatic heterocycles. The zero-order chi connectivity index (χ0) is 34.5. The SMILES string of the molecule is C=CC(=O)OCC1C[C@@H]2C3CC(CC3COC(=O)CCCCCCCCC(=O)OCC3C[C@@H]4C5CC(CC5COC(=O)C(=C)C)[C@@H]4C3)[C@@H]2C1. The van der Waals surface area contributed by atoms with Crippen LogP contribution in [-0.4, -0.2) is 50.3 Å². The molecule has 0 aromatic carbocycles. The molecule has 49 heavy (non-hydrogen) atoms. The van der Waals surface area contributed by atoms with Crippen LogP contribution in [0.25, 0.3) is 0 Å². The van der Waals surface area contributed by atoms with E-state index in [4.69, 9.17) is 18.9 Å². The van der Waals surface area contributed by atoms with Crippen LogP contribution in [0.1, 0.15) is 110 Å². The molecule has 0 aromatic heterocycles. The third kappa shape index (κ3) is 8.81. The summed E-state index contributed by atoms with van der Waals surface area (Å²) in [6.45, 7) is 11.0. The van der Waals surface area contributed by atoms with Gasteiger partial charge >= 0.3 is 23.9 Å². The summed E-state index contributed by atoms with van der Waals surface area (Å²) in [5.41, 5.74) is 0.463. The standard InChI is InChI=1S/C41H60O8/c1-4-38(42)46-21-26-13-32-28-17-30(34(19-28)36(32)15-26)23-48-40(44)12-10-8-6-5-7-9-11-39(43)47-22-27-14-33-29-18-31(24-49-41(45)25(2)3)35(20-29)37(33)16-27/h4,26-37H,1-2,5-24H2,3H3/t26?,27?,28?,29?,30?,31?,32-,33-,34?,35?,36-,37-/m0/s1. The van der Waals surface area contributed by atoms with Gasteiger partial charge in [-0.25, -0.2) is 9.59 Å². The van der Waals surface area contributed by atoms with Crippen molar-refractivity contribution >= 4 is 23.9 Å². The van der Waals surface area contributed by atoms with Gasteiger partial charge in [0, 0.05) is 24.5 Å². The quantitative estimate of drug-likeness (QED) is 0.0594. The van der Waals surface area contributed by atoms with E-state index in [9.17, 15) is 19.2 Å². The summed E-state index contributed by atoms with van der Waals surface area (Å²) in [6.07, 6.45) is 17.6. The Labute approximate surface area is 293 Å². The zero-order valence-electron chi connectivity index (χ0n) is 29.8. The minimum absolute atomic E-state index is 0.0647. The second-order valence-corrected chi connectivity index (χ2v) is 16.8. The number of hydrogen-bond acceptors (Lipinski definition) is 8. The molecule has 0 heterocycles. The molecule has 0 saturated heterocycles. The predicted octanol–water partition coefficient (Wildman–Crippen LogP) is 7.64. The molecule has 6 fully saturated rings. The van der Waals surface area contributed by atoms with Crippen LogP contribution < -0.4 is 0 Å². The monoisotopic (exact) mass is 680 g/mol. The fourth-order valence-corrected chi connectivity index (χ4v) is 11.7. The van der Waals surface area contributed by atoms with Crippen LogP contribution in [0.5, 0.6) is 0 Å². The van der Waals surface area contributed by atoms with E-state index >= 15 is 0 Å². The topological polar surface area (TPSA) is 105 Å². The molecule has 0 N–H and O–H groups in total. The van der Waals surface area contributed by atoms with Gasteiger partial charge in [-0.2, -0.15) is 0 Å². The lowest BCUT2D eigenvalue weighted by molar-refractivity contribution is -0.146. The molecule has 0 amide bonds. The van der Waals surface area contributed by atoms with Gasteiger partial charge in [0.05, 0.1) is 26.4 Å². The number of ether oxygens (including phenoxy) is 4. The molecule has 8 unspecified atom stereocenters. The van der Waals surface area contributed by atoms with Crippen molar-refractivity contribution in [3.8, 4) is 0 Å². The Morgan fingerprint density at radius 2 is 1.00 bits per heavy atom. The van der Waals surface area contributed by atoms with Crippen LogP contribution in [0.15, 0.2) is 24.8 Å². The molecule has 272 valence electrons. The Morgan fingerprint density at radius 1 is 0.551 bits per heavy atom. The molecule has 6 aliphatic rings. The average molecular weight is 681 g/mol. The highest BCUT2D eigenvalue weighted by Crippen LogP contribution is 2.63. The first-order chi connectivity index (χ1) is 23.7. The molecular formula is C41H60O8. The summed E-state index contributed by atoms with van der Waals surface area (Å²) < 4.78 is 22.3. The first-order valence-corrected chi connectivity index (χ1v) is 19.6. The highest BCUT2D eigenvalue weighted by atomic mass is 16.5. The molecule has 8 nitrogen and oxygen atoms in total. The van der Waals surface area contributed by atoms with Crippen molar-refractivity contribution in [3.05, 3.63) is 24.8 Å². The number of hydrogen-bond donors (Lipinski definition) is 0. The Hall–Kier alpha value is -2.64. The molecule has 6 aliphatic carbocycles. The first-order valence-electron chi connectivity index (χ1n) is 19.6. The van der Waals surface area contributed by atoms with Crippen molar-refractivity contribution in [2.24, 2.45) is 71.0 Å². The van der Waals surface area contributed by atoms with Gasteiger partial charge in [-0.1, -0.05) is 38.8 Å². The average Bonchev–Trinajstić information content (AvgIpc) is 3.93. The van der Waals surface area contributed by atoms with E-state index in [1.54, 1.807) is 6.92 Å². The number of carbonyl (C=O) groups excluding carboxylic acids is 4. The molecule has 6 saturated carbocycles. The van der Waals surface area contributed by atoms with Gasteiger partial charge in [0.1, 0.15) is 0 Å². The van der Waals surface area contributed by atoms with Crippen LogP contribution in [0.4, 0.5) is 0 Å². The third-order valence-electron chi connectivity index (χ3n) is 13.8. The third-order valence-corrected chi connectivity index (χ3v) is 13.8. The maximum Gasteiger partial charge on any atom is 0.333 e. The van der Waals surface area contributed by atoms with Gasteiger partial charge in [0.2, 0.25) is 0 Å². The Balaban J connectivity index is 0.750. The Bertz CT molecular complexity index is 1230. The lowest BCUT2D eigenvalue weighted by Gasteiger charge is -2.31. The zero-order valence-corrected chi connectivity index (χ0v) is 29.8. The van der Waals surface area contributed by atoms with Crippen molar-refractivity contribution in [3.63, 3.8) is 0 Å². The summed E-state index contributed by atoms with van der Waals surface area (Å²) in [5.74, 6) is 6.82. The van der Waals surface area contributed by atoms with Crippen molar-refractivity contribution in [1.82, 2.24) is 0 Å². The van der Waals surface area contributed by atoms with Crippen molar-refractivity contribution < 1.29 is 38.1 Å². The maximum atomic E-state index is 12.5. The fraction of sp³-hybridized carbons (Fsp3) is 0.805. The van der Waals surface area contributed by atoms with E-state index in [2.05, 4.69) is 13.2 Å². The van der Waals surface area contributed by atoms with E-state index in [1.807, 2.05) is 0 Å². The minimum atomic E-state index is -0.330. The van der Waals surface area contributed by atoms with Crippen LogP contribution in [0.2, 0.25) is 0 Å². The van der Waals surface area contributed by atoms with Gasteiger partial charge in [0.15, 0.2) is 0 Å². The van der Waals surface area contributed by atoms with E-state index in [1.165, 1.54) is 31.8 Å². The minimum Gasteiger partial charge on any atom is -0.465 e. The van der Waals surface area contributed by atoms with E-state index in [-0.39, 0.29) is 23.9 Å². The largest absolute Gasteiger partial charge is 0.465 e. The molecular weight excluding hydrogens is 620 g/mol.